The number of rotatable bonds is 1. The van der Waals surface area contributed by atoms with Gasteiger partial charge in [0.25, 0.3) is 11.8 Å². The summed E-state index contributed by atoms with van der Waals surface area (Å²) in [5.41, 5.74) is 1.07. The maximum Gasteiger partial charge on any atom is 0.267 e. The molecule has 0 atom stereocenters. The topological polar surface area (TPSA) is 97.8 Å². The van der Waals surface area contributed by atoms with E-state index in [9.17, 15) is 9.59 Å². The van der Waals surface area contributed by atoms with Crippen LogP contribution in [-0.2, 0) is 0 Å². The molecule has 2 aromatic rings. The minimum atomic E-state index is -0.489. The van der Waals surface area contributed by atoms with Crippen molar-refractivity contribution < 1.29 is 9.59 Å². The summed E-state index contributed by atoms with van der Waals surface area (Å²) >= 11 is 0. The lowest BCUT2D eigenvalue weighted by molar-refractivity contribution is 0.0926. The summed E-state index contributed by atoms with van der Waals surface area (Å²) in [6.07, 6.45) is 2.78. The second-order valence-corrected chi connectivity index (χ2v) is 4.32. The van der Waals surface area contributed by atoms with E-state index in [1.807, 2.05) is 12.1 Å². The van der Waals surface area contributed by atoms with Crippen molar-refractivity contribution in [2.24, 2.45) is 0 Å². The zero-order valence-electron chi connectivity index (χ0n) is 10.6. The third-order valence-corrected chi connectivity index (χ3v) is 3.19. The third kappa shape index (κ3) is 1.75. The molecule has 1 aliphatic rings. The van der Waals surface area contributed by atoms with Gasteiger partial charge in [0.05, 0.1) is 27.9 Å². The molecule has 0 spiro atoms. The van der Waals surface area contributed by atoms with E-state index in [4.69, 9.17) is 10.5 Å². The SMILES string of the molecule is N#Cc1ccc(N2C(=O)c3ccncc3C2=O)cc1C#N. The summed E-state index contributed by atoms with van der Waals surface area (Å²) in [6.45, 7) is 0. The molecule has 6 heteroatoms. The fraction of sp³-hybridized carbons (Fsp3) is 0. The van der Waals surface area contributed by atoms with Gasteiger partial charge < -0.3 is 0 Å². The number of hydrogen-bond acceptors (Lipinski definition) is 5. The molecule has 1 aromatic carbocycles. The van der Waals surface area contributed by atoms with Gasteiger partial charge in [-0.3, -0.25) is 14.6 Å². The lowest BCUT2D eigenvalue weighted by Gasteiger charge is -2.14. The molecule has 0 saturated carbocycles. The second kappa shape index (κ2) is 4.55. The fourth-order valence-electron chi connectivity index (χ4n) is 2.18. The number of fused-ring (bicyclic) bond motifs is 1. The molecule has 6 nitrogen and oxygen atoms in total. The Kier molecular flexibility index (Phi) is 2.71. The van der Waals surface area contributed by atoms with Crippen molar-refractivity contribution in [3.63, 3.8) is 0 Å². The fourth-order valence-corrected chi connectivity index (χ4v) is 2.18. The van der Waals surface area contributed by atoms with Gasteiger partial charge in [0.1, 0.15) is 12.1 Å². The number of aromatic nitrogens is 1. The Bertz CT molecular complexity index is 839. The van der Waals surface area contributed by atoms with Crippen LogP contribution in [0, 0.1) is 22.7 Å². The Balaban J connectivity index is 2.12. The number of amides is 2. The molecule has 2 amide bonds. The summed E-state index contributed by atoms with van der Waals surface area (Å²) in [5, 5.41) is 17.9. The quantitative estimate of drug-likeness (QED) is 0.736. The van der Waals surface area contributed by atoms with E-state index in [1.54, 1.807) is 0 Å². The molecule has 0 N–H and O–H groups in total. The molecule has 0 radical (unpaired) electrons. The predicted molar refractivity (Wildman–Crippen MR) is 71.2 cm³/mol. The summed E-state index contributed by atoms with van der Waals surface area (Å²) in [6, 6.07) is 9.47. The number of nitrogens with zero attached hydrogens (tertiary/aromatic N) is 4. The van der Waals surface area contributed by atoms with Crippen LogP contribution in [0.2, 0.25) is 0 Å². The van der Waals surface area contributed by atoms with E-state index in [0.717, 1.165) is 4.90 Å². The highest BCUT2D eigenvalue weighted by Crippen LogP contribution is 2.28. The highest BCUT2D eigenvalue weighted by atomic mass is 16.2. The number of carbonyl (C=O) groups excluding carboxylic acids is 2. The monoisotopic (exact) mass is 274 g/mol. The van der Waals surface area contributed by atoms with Gasteiger partial charge in [-0.1, -0.05) is 0 Å². The van der Waals surface area contributed by atoms with E-state index in [0.29, 0.717) is 0 Å². The summed E-state index contributed by atoms with van der Waals surface area (Å²) in [7, 11) is 0. The Hall–Kier alpha value is -3.51. The average molecular weight is 274 g/mol. The van der Waals surface area contributed by atoms with Crippen LogP contribution in [0.3, 0.4) is 0 Å². The lowest BCUT2D eigenvalue weighted by atomic mass is 10.1. The molecule has 0 fully saturated rings. The van der Waals surface area contributed by atoms with E-state index in [1.165, 1.54) is 36.7 Å². The summed E-state index contributed by atoms with van der Waals surface area (Å²) in [5.74, 6) is -0.956. The van der Waals surface area contributed by atoms with E-state index in [-0.39, 0.29) is 27.9 Å². The molecule has 98 valence electrons. The van der Waals surface area contributed by atoms with Crippen molar-refractivity contribution in [1.29, 1.82) is 10.5 Å². The van der Waals surface area contributed by atoms with Gasteiger partial charge in [0.2, 0.25) is 0 Å². The maximum absolute atomic E-state index is 12.3. The zero-order valence-corrected chi connectivity index (χ0v) is 10.6. The molecule has 0 saturated heterocycles. The first kappa shape index (κ1) is 12.5. The number of hydrogen-bond donors (Lipinski definition) is 0. The first-order valence-corrected chi connectivity index (χ1v) is 5.94. The Morgan fingerprint density at radius 2 is 1.67 bits per heavy atom. The van der Waals surface area contributed by atoms with Crippen LogP contribution in [-0.4, -0.2) is 16.8 Å². The molecule has 3 rings (SSSR count). The van der Waals surface area contributed by atoms with Gasteiger partial charge in [-0.15, -0.1) is 0 Å². The number of benzene rings is 1. The van der Waals surface area contributed by atoms with Crippen LogP contribution in [0.5, 0.6) is 0 Å². The molecule has 2 heterocycles. The van der Waals surface area contributed by atoms with Crippen molar-refractivity contribution in [3.05, 3.63) is 58.9 Å². The number of imide groups is 1. The minimum Gasteiger partial charge on any atom is -0.268 e. The van der Waals surface area contributed by atoms with Crippen LogP contribution < -0.4 is 4.90 Å². The molecule has 0 bridgehead atoms. The van der Waals surface area contributed by atoms with Crippen molar-refractivity contribution in [2.45, 2.75) is 0 Å². The molecule has 0 aliphatic carbocycles. The largest absolute Gasteiger partial charge is 0.268 e. The van der Waals surface area contributed by atoms with Crippen molar-refractivity contribution in [2.75, 3.05) is 4.90 Å². The summed E-state index contributed by atoms with van der Waals surface area (Å²) < 4.78 is 0. The van der Waals surface area contributed by atoms with Gasteiger partial charge >= 0.3 is 0 Å². The smallest absolute Gasteiger partial charge is 0.267 e. The first-order chi connectivity index (χ1) is 10.2. The van der Waals surface area contributed by atoms with Crippen molar-refractivity contribution >= 4 is 17.5 Å². The maximum atomic E-state index is 12.3. The van der Waals surface area contributed by atoms with Crippen LogP contribution in [0.1, 0.15) is 31.8 Å². The molecule has 21 heavy (non-hydrogen) atoms. The molecular weight excluding hydrogens is 268 g/mol. The van der Waals surface area contributed by atoms with E-state index in [2.05, 4.69) is 4.98 Å². The number of pyridine rings is 1. The zero-order chi connectivity index (χ0) is 15.0. The van der Waals surface area contributed by atoms with Crippen LogP contribution in [0.4, 0.5) is 5.69 Å². The van der Waals surface area contributed by atoms with Crippen LogP contribution in [0.25, 0.3) is 0 Å². The van der Waals surface area contributed by atoms with Crippen molar-refractivity contribution in [1.82, 2.24) is 4.98 Å². The number of carbonyl (C=O) groups is 2. The Labute approximate surface area is 119 Å². The van der Waals surface area contributed by atoms with Gasteiger partial charge in [-0.05, 0) is 24.3 Å². The van der Waals surface area contributed by atoms with Gasteiger partial charge in [-0.25, -0.2) is 4.90 Å². The third-order valence-electron chi connectivity index (χ3n) is 3.19. The van der Waals surface area contributed by atoms with Gasteiger partial charge in [-0.2, -0.15) is 10.5 Å². The molecule has 1 aliphatic heterocycles. The first-order valence-electron chi connectivity index (χ1n) is 5.94. The highest BCUT2D eigenvalue weighted by Gasteiger charge is 2.36. The minimum absolute atomic E-state index is 0.115. The van der Waals surface area contributed by atoms with Crippen molar-refractivity contribution in [3.8, 4) is 12.1 Å². The lowest BCUT2D eigenvalue weighted by Crippen LogP contribution is -2.29. The number of nitriles is 2. The van der Waals surface area contributed by atoms with Gasteiger partial charge in [0.15, 0.2) is 0 Å². The molecule has 1 aromatic heterocycles. The van der Waals surface area contributed by atoms with Gasteiger partial charge in [0, 0.05) is 12.4 Å². The van der Waals surface area contributed by atoms with Crippen LogP contribution >= 0.6 is 0 Å². The Morgan fingerprint density at radius 3 is 2.33 bits per heavy atom. The number of anilines is 1. The highest BCUT2D eigenvalue weighted by molar-refractivity contribution is 6.34. The molecule has 0 unspecified atom stereocenters. The van der Waals surface area contributed by atoms with E-state index < -0.39 is 11.8 Å². The predicted octanol–water partition coefficient (Wildman–Crippen LogP) is 1.63. The normalized spacial score (nSPS) is 12.8. The average Bonchev–Trinajstić information content (AvgIpc) is 2.78. The van der Waals surface area contributed by atoms with E-state index >= 15 is 0 Å². The summed E-state index contributed by atoms with van der Waals surface area (Å²) in [4.78, 5) is 29.4. The molecular formula is C15H6N4O2. The second-order valence-electron chi connectivity index (χ2n) is 4.32. The van der Waals surface area contributed by atoms with Crippen LogP contribution in [0.15, 0.2) is 36.7 Å². The Morgan fingerprint density at radius 1 is 0.952 bits per heavy atom. The standard InChI is InChI=1S/C15H6N4O2/c16-6-9-1-2-11(5-10(9)7-17)19-14(20)12-3-4-18-8-13(12)15(19)21/h1-5,8H.